The normalized spacial score (nSPS) is 21.2. The molecule has 1 aliphatic carbocycles. The molecule has 0 radical (unpaired) electrons. The van der Waals surface area contributed by atoms with E-state index in [1.54, 1.807) is 11.0 Å². The first-order valence-electron chi connectivity index (χ1n) is 6.27. The summed E-state index contributed by atoms with van der Waals surface area (Å²) >= 11 is 0. The molecule has 0 bridgehead atoms. The molecule has 0 spiro atoms. The largest absolute Gasteiger partial charge is 0.397 e. The predicted octanol–water partition coefficient (Wildman–Crippen LogP) is 0.610. The molecule has 0 atom stereocenters. The number of nitrogens with two attached hydrogens (primary N) is 1. The van der Waals surface area contributed by atoms with Crippen LogP contribution in [0.25, 0.3) is 0 Å². The quantitative estimate of drug-likeness (QED) is 0.853. The third-order valence-corrected chi connectivity index (χ3v) is 4.77. The lowest BCUT2D eigenvalue weighted by molar-refractivity contribution is 0.0760. The van der Waals surface area contributed by atoms with Gasteiger partial charge in [-0.25, -0.2) is 0 Å². The van der Waals surface area contributed by atoms with Gasteiger partial charge in [-0.1, -0.05) is 0 Å². The second kappa shape index (κ2) is 4.42. The molecule has 6 heteroatoms. The molecule has 1 aromatic rings. The molecule has 0 unspecified atom stereocenters. The van der Waals surface area contributed by atoms with E-state index < -0.39 is 10.8 Å². The van der Waals surface area contributed by atoms with Crippen molar-refractivity contribution in [2.24, 2.45) is 0 Å². The number of nitrogen functional groups attached to an aromatic ring is 1. The molecular formula is C12H17N3O2S. The van der Waals surface area contributed by atoms with Crippen molar-refractivity contribution in [3.63, 3.8) is 0 Å². The van der Waals surface area contributed by atoms with E-state index in [0.29, 0.717) is 42.0 Å². The number of anilines is 1. The predicted molar refractivity (Wildman–Crippen MR) is 70.9 cm³/mol. The number of carbonyl (C=O) groups is 1. The summed E-state index contributed by atoms with van der Waals surface area (Å²) in [6.07, 6.45) is 4.10. The number of carbonyl (C=O) groups excluding carboxylic acids is 1. The van der Waals surface area contributed by atoms with E-state index in [1.807, 2.05) is 10.8 Å². The molecule has 1 aliphatic heterocycles. The Morgan fingerprint density at radius 1 is 1.33 bits per heavy atom. The molecule has 2 aliphatic rings. The maximum atomic E-state index is 12.4. The molecular weight excluding hydrogens is 250 g/mol. The van der Waals surface area contributed by atoms with Gasteiger partial charge in [0.15, 0.2) is 0 Å². The van der Waals surface area contributed by atoms with Crippen LogP contribution in [-0.2, 0) is 10.8 Å². The third-order valence-electron chi connectivity index (χ3n) is 3.49. The minimum atomic E-state index is -0.756. The van der Waals surface area contributed by atoms with Crippen molar-refractivity contribution in [1.29, 1.82) is 0 Å². The van der Waals surface area contributed by atoms with Gasteiger partial charge in [-0.3, -0.25) is 9.00 Å². The van der Waals surface area contributed by atoms with Crippen molar-refractivity contribution in [2.45, 2.75) is 18.9 Å². The maximum Gasteiger partial charge on any atom is 0.270 e. The monoisotopic (exact) mass is 267 g/mol. The van der Waals surface area contributed by atoms with Gasteiger partial charge in [-0.2, -0.15) is 0 Å². The Bertz CT molecular complexity index is 497. The lowest BCUT2D eigenvalue weighted by Gasteiger charge is -2.26. The van der Waals surface area contributed by atoms with E-state index in [-0.39, 0.29) is 5.91 Å². The van der Waals surface area contributed by atoms with E-state index in [4.69, 9.17) is 5.73 Å². The molecule has 2 fully saturated rings. The Morgan fingerprint density at radius 3 is 2.61 bits per heavy atom. The molecule has 0 aromatic carbocycles. The van der Waals surface area contributed by atoms with Gasteiger partial charge in [0.05, 0.1) is 5.69 Å². The number of rotatable bonds is 2. The number of nitrogens with zero attached hydrogens (tertiary/aromatic N) is 2. The summed E-state index contributed by atoms with van der Waals surface area (Å²) < 4.78 is 13.3. The highest BCUT2D eigenvalue weighted by Gasteiger charge is 2.30. The Labute approximate surface area is 108 Å². The highest BCUT2D eigenvalue weighted by molar-refractivity contribution is 7.85. The van der Waals surface area contributed by atoms with Crippen molar-refractivity contribution < 1.29 is 9.00 Å². The van der Waals surface area contributed by atoms with Crippen molar-refractivity contribution in [1.82, 2.24) is 9.47 Å². The molecule has 1 saturated carbocycles. The lowest BCUT2D eigenvalue weighted by atomic mass is 10.3. The van der Waals surface area contributed by atoms with Gasteiger partial charge in [0.1, 0.15) is 5.69 Å². The molecule has 2 N–H and O–H groups in total. The highest BCUT2D eigenvalue weighted by Crippen LogP contribution is 2.37. The van der Waals surface area contributed by atoms with Crippen LogP contribution in [0.1, 0.15) is 29.4 Å². The first-order chi connectivity index (χ1) is 8.65. The minimum Gasteiger partial charge on any atom is -0.397 e. The van der Waals surface area contributed by atoms with E-state index in [2.05, 4.69) is 0 Å². The van der Waals surface area contributed by atoms with Crippen LogP contribution in [0, 0.1) is 0 Å². The molecule has 1 saturated heterocycles. The van der Waals surface area contributed by atoms with Gasteiger partial charge in [-0.15, -0.1) is 0 Å². The van der Waals surface area contributed by atoms with Gasteiger partial charge in [0.25, 0.3) is 5.91 Å². The average molecular weight is 267 g/mol. The van der Waals surface area contributed by atoms with E-state index in [0.717, 1.165) is 12.8 Å². The van der Waals surface area contributed by atoms with Gasteiger partial charge >= 0.3 is 0 Å². The summed E-state index contributed by atoms with van der Waals surface area (Å²) in [6, 6.07) is 2.20. The molecule has 1 aromatic heterocycles. The smallest absolute Gasteiger partial charge is 0.270 e. The van der Waals surface area contributed by atoms with E-state index in [9.17, 15) is 9.00 Å². The van der Waals surface area contributed by atoms with E-state index in [1.165, 1.54) is 0 Å². The second-order valence-electron chi connectivity index (χ2n) is 4.94. The summed E-state index contributed by atoms with van der Waals surface area (Å²) in [5.41, 5.74) is 7.12. The summed E-state index contributed by atoms with van der Waals surface area (Å²) in [6.45, 7) is 1.17. The van der Waals surface area contributed by atoms with Crippen molar-refractivity contribution in [3.8, 4) is 0 Å². The average Bonchev–Trinajstić information content (AvgIpc) is 3.13. The second-order valence-corrected chi connectivity index (χ2v) is 6.63. The van der Waals surface area contributed by atoms with Crippen LogP contribution >= 0.6 is 0 Å². The van der Waals surface area contributed by atoms with Crippen LogP contribution in [0.5, 0.6) is 0 Å². The van der Waals surface area contributed by atoms with Crippen LogP contribution in [-0.4, -0.2) is 44.2 Å². The van der Waals surface area contributed by atoms with Crippen molar-refractivity contribution >= 4 is 22.4 Å². The van der Waals surface area contributed by atoms with Crippen LogP contribution in [0.2, 0.25) is 0 Å². The number of aromatic nitrogens is 1. The zero-order valence-electron chi connectivity index (χ0n) is 10.2. The van der Waals surface area contributed by atoms with Gasteiger partial charge in [-0.05, 0) is 18.9 Å². The summed E-state index contributed by atoms with van der Waals surface area (Å²) in [5.74, 6) is 1.20. The zero-order valence-corrected chi connectivity index (χ0v) is 11.0. The van der Waals surface area contributed by atoms with Crippen LogP contribution < -0.4 is 5.73 Å². The zero-order chi connectivity index (χ0) is 12.7. The Kier molecular flexibility index (Phi) is 2.89. The fourth-order valence-corrected chi connectivity index (χ4v) is 3.38. The number of hydrogen-bond acceptors (Lipinski definition) is 3. The molecule has 5 nitrogen and oxygen atoms in total. The summed E-state index contributed by atoms with van der Waals surface area (Å²) in [5, 5.41) is 0. The summed E-state index contributed by atoms with van der Waals surface area (Å²) in [4.78, 5) is 14.2. The van der Waals surface area contributed by atoms with Gasteiger partial charge in [0, 0.05) is 47.6 Å². The fourth-order valence-electron chi connectivity index (χ4n) is 2.33. The number of hydrogen-bond donors (Lipinski definition) is 1. The highest BCUT2D eigenvalue weighted by atomic mass is 32.2. The van der Waals surface area contributed by atoms with Crippen LogP contribution in [0.3, 0.4) is 0 Å². The first kappa shape index (κ1) is 11.8. The third kappa shape index (κ3) is 2.16. The Balaban J connectivity index is 1.81. The number of amides is 1. The van der Waals surface area contributed by atoms with Gasteiger partial charge < -0.3 is 15.2 Å². The lowest BCUT2D eigenvalue weighted by Crippen LogP contribution is -2.42. The minimum absolute atomic E-state index is 0.0234. The van der Waals surface area contributed by atoms with Crippen LogP contribution in [0.15, 0.2) is 12.3 Å². The fraction of sp³-hybridized carbons (Fsp3) is 0.583. The molecule has 2 heterocycles. The van der Waals surface area contributed by atoms with Crippen molar-refractivity contribution in [3.05, 3.63) is 18.0 Å². The van der Waals surface area contributed by atoms with Crippen molar-refractivity contribution in [2.75, 3.05) is 30.3 Å². The molecule has 1 amide bonds. The first-order valence-corrected chi connectivity index (χ1v) is 7.75. The summed E-state index contributed by atoms with van der Waals surface area (Å²) in [7, 11) is -0.756. The van der Waals surface area contributed by atoms with E-state index >= 15 is 0 Å². The molecule has 98 valence electrons. The molecule has 3 rings (SSSR count). The van der Waals surface area contributed by atoms with Gasteiger partial charge in [0.2, 0.25) is 0 Å². The standard InChI is InChI=1S/C12H17N3O2S/c13-9-7-11(15(8-9)10-1-2-10)12(16)14-3-5-18(17)6-4-14/h7-8,10H,1-6,13H2. The van der Waals surface area contributed by atoms with Crippen LogP contribution in [0.4, 0.5) is 5.69 Å². The Morgan fingerprint density at radius 2 is 2.00 bits per heavy atom. The topological polar surface area (TPSA) is 68.3 Å². The molecule has 18 heavy (non-hydrogen) atoms. The SMILES string of the molecule is Nc1cc(C(=O)N2CCS(=O)CC2)n(C2CC2)c1. The maximum absolute atomic E-state index is 12.4. The Hall–Kier alpha value is -1.30.